The summed E-state index contributed by atoms with van der Waals surface area (Å²) in [5.74, 6) is 0.646. The summed E-state index contributed by atoms with van der Waals surface area (Å²) in [6, 6.07) is 11.6. The monoisotopic (exact) mass is 215 g/mol. The summed E-state index contributed by atoms with van der Waals surface area (Å²) in [7, 11) is 1.89. The van der Waals surface area contributed by atoms with E-state index >= 15 is 0 Å². The molecule has 1 aromatic heterocycles. The molecule has 2 rings (SSSR count). The zero-order valence-electron chi connectivity index (χ0n) is 9.27. The number of aryl methyl sites for hydroxylation is 1. The minimum absolute atomic E-state index is 0.321. The number of anilines is 2. The number of nitrogens with one attached hydrogen (secondary N) is 1. The lowest BCUT2D eigenvalue weighted by molar-refractivity contribution is 0.993. The van der Waals surface area contributed by atoms with Gasteiger partial charge < -0.3 is 9.88 Å². The van der Waals surface area contributed by atoms with E-state index in [-0.39, 0.29) is 5.69 Å². The van der Waals surface area contributed by atoms with Crippen molar-refractivity contribution in [3.8, 4) is 0 Å². The second-order valence-corrected chi connectivity index (χ2v) is 3.62. The van der Waals surface area contributed by atoms with Crippen LogP contribution in [0.1, 0.15) is 5.69 Å². The van der Waals surface area contributed by atoms with Crippen LogP contribution in [0.15, 0.2) is 41.2 Å². The maximum absolute atomic E-state index is 11.3. The SMILES string of the molecule is Cc1cc(N(C)c2ccccc2)nc(=O)[nH]1. The van der Waals surface area contributed by atoms with Crippen molar-refractivity contribution in [2.75, 3.05) is 11.9 Å². The molecule has 0 bridgehead atoms. The number of para-hydroxylation sites is 1. The standard InChI is InChI=1S/C12H13N3O/c1-9-8-11(14-12(16)13-9)15(2)10-6-4-3-5-7-10/h3-8H,1-2H3,(H,13,14,16). The van der Waals surface area contributed by atoms with Gasteiger partial charge in [0.25, 0.3) is 0 Å². The van der Waals surface area contributed by atoms with Crippen LogP contribution in [0.5, 0.6) is 0 Å². The second-order valence-electron chi connectivity index (χ2n) is 3.62. The largest absolute Gasteiger partial charge is 0.347 e. The molecule has 0 aliphatic heterocycles. The first-order valence-corrected chi connectivity index (χ1v) is 5.03. The second kappa shape index (κ2) is 4.18. The topological polar surface area (TPSA) is 49.0 Å². The first-order chi connectivity index (χ1) is 7.66. The van der Waals surface area contributed by atoms with Crippen LogP contribution in [0.3, 0.4) is 0 Å². The van der Waals surface area contributed by atoms with E-state index in [0.29, 0.717) is 5.82 Å². The maximum atomic E-state index is 11.3. The summed E-state index contributed by atoms with van der Waals surface area (Å²) < 4.78 is 0. The number of aromatic nitrogens is 2. The van der Waals surface area contributed by atoms with E-state index < -0.39 is 0 Å². The Morgan fingerprint density at radius 3 is 2.56 bits per heavy atom. The molecule has 0 saturated carbocycles. The highest BCUT2D eigenvalue weighted by Crippen LogP contribution is 2.19. The fraction of sp³-hybridized carbons (Fsp3) is 0.167. The number of nitrogens with zero attached hydrogens (tertiary/aromatic N) is 2. The van der Waals surface area contributed by atoms with E-state index in [1.807, 2.05) is 55.3 Å². The van der Waals surface area contributed by atoms with Gasteiger partial charge in [0.1, 0.15) is 5.82 Å². The highest BCUT2D eigenvalue weighted by Gasteiger charge is 2.05. The normalized spacial score (nSPS) is 10.1. The van der Waals surface area contributed by atoms with Gasteiger partial charge in [0.2, 0.25) is 0 Å². The first-order valence-electron chi connectivity index (χ1n) is 5.03. The zero-order valence-corrected chi connectivity index (χ0v) is 9.27. The van der Waals surface area contributed by atoms with Crippen LogP contribution in [-0.2, 0) is 0 Å². The minimum Gasteiger partial charge on any atom is -0.329 e. The molecule has 16 heavy (non-hydrogen) atoms. The molecule has 0 aliphatic carbocycles. The summed E-state index contributed by atoms with van der Waals surface area (Å²) in [5, 5.41) is 0. The average molecular weight is 215 g/mol. The molecule has 4 heteroatoms. The van der Waals surface area contributed by atoms with Gasteiger partial charge in [-0.15, -0.1) is 0 Å². The summed E-state index contributed by atoms with van der Waals surface area (Å²) in [5.41, 5.74) is 1.48. The molecule has 1 heterocycles. The molecule has 2 aromatic rings. The Hall–Kier alpha value is -2.10. The van der Waals surface area contributed by atoms with Crippen LogP contribution in [0.2, 0.25) is 0 Å². The Morgan fingerprint density at radius 1 is 1.25 bits per heavy atom. The van der Waals surface area contributed by atoms with Crippen LogP contribution in [-0.4, -0.2) is 17.0 Å². The van der Waals surface area contributed by atoms with Gasteiger partial charge in [-0.05, 0) is 19.1 Å². The molecule has 0 radical (unpaired) electrons. The summed E-state index contributed by atoms with van der Waals surface area (Å²) in [6.45, 7) is 1.84. The highest BCUT2D eigenvalue weighted by molar-refractivity contribution is 5.58. The number of rotatable bonds is 2. The summed E-state index contributed by atoms with van der Waals surface area (Å²) >= 11 is 0. The Labute approximate surface area is 93.6 Å². The van der Waals surface area contributed by atoms with E-state index in [0.717, 1.165) is 11.4 Å². The van der Waals surface area contributed by atoms with Gasteiger partial charge in [-0.2, -0.15) is 4.98 Å². The van der Waals surface area contributed by atoms with Gasteiger partial charge >= 0.3 is 5.69 Å². The molecule has 4 nitrogen and oxygen atoms in total. The van der Waals surface area contributed by atoms with Gasteiger partial charge in [0, 0.05) is 24.5 Å². The molecule has 0 amide bonds. The highest BCUT2D eigenvalue weighted by atomic mass is 16.1. The lowest BCUT2D eigenvalue weighted by Gasteiger charge is -2.17. The lowest BCUT2D eigenvalue weighted by Crippen LogP contribution is -2.19. The van der Waals surface area contributed by atoms with Gasteiger partial charge in [0.15, 0.2) is 0 Å². The van der Waals surface area contributed by atoms with E-state index in [9.17, 15) is 4.79 Å². The van der Waals surface area contributed by atoms with Crippen molar-refractivity contribution in [1.82, 2.24) is 9.97 Å². The number of hydrogen-bond donors (Lipinski definition) is 1. The molecule has 0 aliphatic rings. The molecule has 82 valence electrons. The molecular weight excluding hydrogens is 202 g/mol. The molecule has 0 fully saturated rings. The third-order valence-electron chi connectivity index (χ3n) is 2.35. The van der Waals surface area contributed by atoms with Crippen LogP contribution in [0.4, 0.5) is 11.5 Å². The number of hydrogen-bond acceptors (Lipinski definition) is 3. The molecule has 0 spiro atoms. The van der Waals surface area contributed by atoms with Crippen molar-refractivity contribution in [2.24, 2.45) is 0 Å². The predicted octanol–water partition coefficient (Wildman–Crippen LogP) is 1.85. The third-order valence-corrected chi connectivity index (χ3v) is 2.35. The van der Waals surface area contributed by atoms with Gasteiger partial charge in [-0.25, -0.2) is 4.79 Å². The molecular formula is C12H13N3O. The van der Waals surface area contributed by atoms with Gasteiger partial charge in [0.05, 0.1) is 0 Å². The molecule has 0 unspecified atom stereocenters. The van der Waals surface area contributed by atoms with Crippen molar-refractivity contribution in [3.05, 3.63) is 52.6 Å². The van der Waals surface area contributed by atoms with Crippen molar-refractivity contribution in [2.45, 2.75) is 6.92 Å². The number of H-pyrrole nitrogens is 1. The van der Waals surface area contributed by atoms with Gasteiger partial charge in [-0.1, -0.05) is 18.2 Å². The van der Waals surface area contributed by atoms with Crippen LogP contribution in [0, 0.1) is 6.92 Å². The Balaban J connectivity index is 2.41. The van der Waals surface area contributed by atoms with E-state index in [1.54, 1.807) is 0 Å². The smallest absolute Gasteiger partial charge is 0.329 e. The molecule has 1 N–H and O–H groups in total. The third kappa shape index (κ3) is 2.11. The fourth-order valence-corrected chi connectivity index (χ4v) is 1.52. The maximum Gasteiger partial charge on any atom is 0.347 e. The predicted molar refractivity (Wildman–Crippen MR) is 64.1 cm³/mol. The van der Waals surface area contributed by atoms with Crippen molar-refractivity contribution in [3.63, 3.8) is 0 Å². The lowest BCUT2D eigenvalue weighted by atomic mass is 10.3. The van der Waals surface area contributed by atoms with Crippen LogP contribution >= 0.6 is 0 Å². The molecule has 1 aromatic carbocycles. The van der Waals surface area contributed by atoms with Crippen molar-refractivity contribution >= 4 is 11.5 Å². The fourth-order valence-electron chi connectivity index (χ4n) is 1.52. The summed E-state index contributed by atoms with van der Waals surface area (Å²) in [4.78, 5) is 19.7. The number of aromatic amines is 1. The van der Waals surface area contributed by atoms with Crippen LogP contribution < -0.4 is 10.6 Å². The molecule has 0 atom stereocenters. The Morgan fingerprint density at radius 2 is 1.94 bits per heavy atom. The molecule has 0 saturated heterocycles. The van der Waals surface area contributed by atoms with Crippen LogP contribution in [0.25, 0.3) is 0 Å². The van der Waals surface area contributed by atoms with Crippen molar-refractivity contribution < 1.29 is 0 Å². The first kappa shape index (κ1) is 10.4. The average Bonchev–Trinajstić information content (AvgIpc) is 2.28. The summed E-state index contributed by atoms with van der Waals surface area (Å²) in [6.07, 6.45) is 0. The quantitative estimate of drug-likeness (QED) is 0.831. The van der Waals surface area contributed by atoms with E-state index in [2.05, 4.69) is 9.97 Å². The van der Waals surface area contributed by atoms with E-state index in [4.69, 9.17) is 0 Å². The van der Waals surface area contributed by atoms with Gasteiger partial charge in [-0.3, -0.25) is 0 Å². The number of benzene rings is 1. The van der Waals surface area contributed by atoms with Crippen molar-refractivity contribution in [1.29, 1.82) is 0 Å². The zero-order chi connectivity index (χ0) is 11.5. The Bertz CT molecular complexity index is 533. The Kier molecular flexibility index (Phi) is 2.72. The minimum atomic E-state index is -0.321. The van der Waals surface area contributed by atoms with E-state index in [1.165, 1.54) is 0 Å².